The summed E-state index contributed by atoms with van der Waals surface area (Å²) in [5.74, 6) is -7.57. The maximum absolute atomic E-state index is 12.4. The van der Waals surface area contributed by atoms with Crippen LogP contribution in [0.25, 0.3) is 0 Å². The van der Waals surface area contributed by atoms with Gasteiger partial charge in [-0.2, -0.15) is 0 Å². The van der Waals surface area contributed by atoms with Crippen LogP contribution in [0.5, 0.6) is 5.75 Å². The number of hydrogen-bond donors (Lipinski definition) is 10. The van der Waals surface area contributed by atoms with Crippen molar-refractivity contribution in [1.29, 1.82) is 0 Å². The van der Waals surface area contributed by atoms with Crippen LogP contribution in [0, 0.1) is 10.1 Å². The molecular formula is C34H49N4NaO20. The molecule has 10 N–H and O–H groups in total. The maximum atomic E-state index is 12.4. The van der Waals surface area contributed by atoms with Crippen molar-refractivity contribution in [3.8, 4) is 5.75 Å². The quantitative estimate of drug-likeness (QED) is 0.0129. The molecule has 59 heavy (non-hydrogen) atoms. The van der Waals surface area contributed by atoms with Gasteiger partial charge in [-0.3, -0.25) is 29.3 Å². The summed E-state index contributed by atoms with van der Waals surface area (Å²) in [7, 11) is 0. The maximum Gasteiger partial charge on any atom is 1.00 e. The Morgan fingerprint density at radius 3 is 2.22 bits per heavy atom. The summed E-state index contributed by atoms with van der Waals surface area (Å²) >= 11 is 0. The summed E-state index contributed by atoms with van der Waals surface area (Å²) in [5.41, 5.74) is -0.158. The Bertz CT molecular complexity index is 1560. The number of carbonyl (C=O) groups is 5. The van der Waals surface area contributed by atoms with Crippen molar-refractivity contribution in [2.24, 2.45) is 0 Å². The van der Waals surface area contributed by atoms with Gasteiger partial charge in [0, 0.05) is 44.9 Å². The molecule has 2 saturated heterocycles. The van der Waals surface area contributed by atoms with E-state index in [1.165, 1.54) is 24.3 Å². The summed E-state index contributed by atoms with van der Waals surface area (Å²) in [6, 6.07) is 1.98. The molecule has 0 radical (unpaired) electrons. The number of hydrogen-bond acceptors (Lipinski definition) is 20. The molecule has 24 nitrogen and oxygen atoms in total. The number of nitro benzene ring substituents is 1. The number of aliphatic hydroxyl groups is 7. The van der Waals surface area contributed by atoms with Crippen LogP contribution in [0.3, 0.4) is 0 Å². The second-order valence-electron chi connectivity index (χ2n) is 13.5. The summed E-state index contributed by atoms with van der Waals surface area (Å²) in [4.78, 5) is 70.7. The zero-order valence-corrected chi connectivity index (χ0v) is 34.2. The van der Waals surface area contributed by atoms with Gasteiger partial charge in [-0.25, -0.2) is 0 Å². The molecule has 2 aliphatic heterocycles. The van der Waals surface area contributed by atoms with Crippen molar-refractivity contribution >= 4 is 35.3 Å². The molecule has 0 spiro atoms. The van der Waals surface area contributed by atoms with Gasteiger partial charge in [0.2, 0.25) is 23.5 Å². The first-order chi connectivity index (χ1) is 27.4. The molecule has 0 aromatic heterocycles. The number of aliphatic carboxylic acids is 1. The molecule has 3 rings (SSSR count). The first-order valence-electron chi connectivity index (χ1n) is 18.1. The van der Waals surface area contributed by atoms with Gasteiger partial charge in [-0.1, -0.05) is 0 Å². The Morgan fingerprint density at radius 1 is 0.966 bits per heavy atom. The van der Waals surface area contributed by atoms with Crippen LogP contribution >= 0.6 is 0 Å². The zero-order valence-electron chi connectivity index (χ0n) is 32.2. The molecule has 2 fully saturated rings. The second-order valence-corrected chi connectivity index (χ2v) is 13.5. The largest absolute Gasteiger partial charge is 1.00 e. The van der Waals surface area contributed by atoms with Crippen LogP contribution in [-0.2, 0) is 42.9 Å². The number of carboxylic acids is 1. The van der Waals surface area contributed by atoms with Gasteiger partial charge in [0.25, 0.3) is 5.69 Å². The van der Waals surface area contributed by atoms with Crippen molar-refractivity contribution in [1.82, 2.24) is 16.0 Å². The van der Waals surface area contributed by atoms with Crippen molar-refractivity contribution in [3.05, 3.63) is 34.4 Å². The monoisotopic (exact) mass is 856 g/mol. The normalized spacial score (nSPS) is 27.6. The number of ether oxygens (including phenoxy) is 5. The first kappa shape index (κ1) is 51.7. The Morgan fingerprint density at radius 2 is 1.63 bits per heavy atom. The Balaban J connectivity index is 0.0000120. The molecule has 2 aliphatic rings. The molecule has 0 unspecified atom stereocenters. The third-order valence-corrected chi connectivity index (χ3v) is 9.06. The Hall–Kier alpha value is -3.47. The number of amides is 3. The van der Waals surface area contributed by atoms with Gasteiger partial charge in [0.05, 0.1) is 36.9 Å². The SMILES string of the molecule is CC(=O)N[C@H]1[C@@H](OCCCNC(=O)CCCCC(=O)Oc2ccc([N+](=O)[O-])cc2)O[C@H](CO[C@]2(C(=O)[O-])C[C@H](O)[C@@H](NC(=O)CO)[C@H]([C@H](O)[C@H](O)CO)O2)[C@H](O)[C@@H]1O.[Na+]. The van der Waals surface area contributed by atoms with Crippen LogP contribution in [0.4, 0.5) is 5.69 Å². The minimum absolute atomic E-state index is 0. The van der Waals surface area contributed by atoms with Crippen LogP contribution in [-0.4, -0.2) is 170 Å². The van der Waals surface area contributed by atoms with Gasteiger partial charge in [-0.15, -0.1) is 0 Å². The number of unbranched alkanes of at least 4 members (excludes halogenated alkanes) is 1. The van der Waals surface area contributed by atoms with Crippen molar-refractivity contribution in [2.75, 3.05) is 33.0 Å². The fourth-order valence-electron chi connectivity index (χ4n) is 6.04. The number of carboxylic acid groups (broad SMARTS) is 1. The van der Waals surface area contributed by atoms with E-state index in [1.54, 1.807) is 0 Å². The smallest absolute Gasteiger partial charge is 0.544 e. The minimum Gasteiger partial charge on any atom is -0.544 e. The van der Waals surface area contributed by atoms with Gasteiger partial charge in [0.15, 0.2) is 6.29 Å². The van der Waals surface area contributed by atoms with Crippen LogP contribution in [0.15, 0.2) is 24.3 Å². The van der Waals surface area contributed by atoms with E-state index in [0.717, 1.165) is 6.92 Å². The predicted molar refractivity (Wildman–Crippen MR) is 186 cm³/mol. The molecular weight excluding hydrogens is 807 g/mol. The van der Waals surface area contributed by atoms with E-state index in [1.807, 2.05) is 0 Å². The van der Waals surface area contributed by atoms with Gasteiger partial charge >= 0.3 is 35.5 Å². The number of nitrogens with one attached hydrogen (secondary N) is 3. The third kappa shape index (κ3) is 15.2. The molecule has 3 amide bonds. The number of carbonyl (C=O) groups excluding carboxylic acids is 5. The number of nitrogens with zero attached hydrogens (tertiary/aromatic N) is 1. The Labute approximate surface area is 358 Å². The fourth-order valence-corrected chi connectivity index (χ4v) is 6.04. The van der Waals surface area contributed by atoms with Crippen molar-refractivity contribution < 1.29 is 123 Å². The number of non-ortho nitro benzene ring substituents is 1. The number of nitro groups is 1. The number of aliphatic hydroxyl groups excluding tert-OH is 7. The van der Waals surface area contributed by atoms with E-state index in [4.69, 9.17) is 28.8 Å². The van der Waals surface area contributed by atoms with Gasteiger partial charge in [0.1, 0.15) is 61.0 Å². The first-order valence-corrected chi connectivity index (χ1v) is 18.1. The summed E-state index contributed by atoms with van der Waals surface area (Å²) in [6.07, 6.45) is -14.8. The summed E-state index contributed by atoms with van der Waals surface area (Å²) in [5, 5.41) is 102. The average molecular weight is 857 g/mol. The van der Waals surface area contributed by atoms with Gasteiger partial charge in [-0.05, 0) is 31.4 Å². The van der Waals surface area contributed by atoms with E-state index in [2.05, 4.69) is 16.0 Å². The molecule has 11 atom stereocenters. The topological polar surface area (TPSA) is 375 Å². The fraction of sp³-hybridized carbons (Fsp3) is 0.676. The van der Waals surface area contributed by atoms with Crippen molar-refractivity contribution in [3.63, 3.8) is 0 Å². The zero-order chi connectivity index (χ0) is 43.2. The number of benzene rings is 1. The predicted octanol–water partition coefficient (Wildman–Crippen LogP) is -8.66. The molecule has 0 bridgehead atoms. The molecule has 2 heterocycles. The van der Waals surface area contributed by atoms with Crippen LogP contribution < -0.4 is 55.4 Å². The minimum atomic E-state index is -2.95. The van der Waals surface area contributed by atoms with E-state index in [0.29, 0.717) is 12.8 Å². The standard InChI is InChI=1S/C34H50N4O20.Na/c1-17(41)36-27-30(49)29(48)22(16-55-34(33(50)51)13-20(42)26(37-24(45)15-40)31(58-34)28(47)21(43)14-39)57-32(27)54-12-4-11-35-23(44)5-2-3-6-25(46)56-19-9-7-18(8-10-19)38(52)53;/h7-10,20-22,26-32,39-40,42-43,47-49H,2-6,11-16H2,1H3,(H,35,44)(H,36,41)(H,37,45)(H,50,51);/q;+1/p-1/t20-,21+,22+,26+,27+,28+,29-,30+,31+,32-,34+;/m0./s1. The summed E-state index contributed by atoms with van der Waals surface area (Å²) < 4.78 is 27.5. The Kier molecular flexibility index (Phi) is 21.6. The molecule has 25 heteroatoms. The van der Waals surface area contributed by atoms with Crippen LogP contribution in [0.1, 0.15) is 45.4 Å². The van der Waals surface area contributed by atoms with E-state index in [-0.39, 0.29) is 79.3 Å². The van der Waals surface area contributed by atoms with Gasteiger partial charge < -0.3 is 85.3 Å². The van der Waals surface area contributed by atoms with Crippen LogP contribution in [0.2, 0.25) is 0 Å². The second kappa shape index (κ2) is 24.7. The number of esters is 1. The molecule has 0 saturated carbocycles. The molecule has 0 aliphatic carbocycles. The molecule has 1 aromatic rings. The third-order valence-electron chi connectivity index (χ3n) is 9.06. The van der Waals surface area contributed by atoms with E-state index < -0.39 is 122 Å². The molecule has 326 valence electrons. The van der Waals surface area contributed by atoms with E-state index in [9.17, 15) is 69.8 Å². The summed E-state index contributed by atoms with van der Waals surface area (Å²) in [6.45, 7) is -1.98. The number of rotatable bonds is 22. The van der Waals surface area contributed by atoms with E-state index >= 15 is 0 Å². The van der Waals surface area contributed by atoms with Crippen molar-refractivity contribution in [2.45, 2.75) is 112 Å². The average Bonchev–Trinajstić information content (AvgIpc) is 3.18. The molecule has 1 aromatic carbocycles.